The number of aromatic nitrogens is 2. The summed E-state index contributed by atoms with van der Waals surface area (Å²) in [5, 5.41) is 29.0. The molecule has 0 aliphatic heterocycles. The van der Waals surface area contributed by atoms with Gasteiger partial charge in [0.2, 0.25) is 0 Å². The van der Waals surface area contributed by atoms with E-state index in [4.69, 9.17) is 0 Å². The van der Waals surface area contributed by atoms with Crippen LogP contribution in [0.2, 0.25) is 0 Å². The number of rotatable bonds is 18. The largest absolute Gasteiger partial charge is 0.396 e. The van der Waals surface area contributed by atoms with Gasteiger partial charge in [-0.1, -0.05) is 84.0 Å². The maximum atomic E-state index is 12.5. The van der Waals surface area contributed by atoms with Crippen molar-refractivity contribution in [1.82, 2.24) is 9.55 Å². The Morgan fingerprint density at radius 2 is 1.63 bits per heavy atom. The molecule has 1 fully saturated rings. The van der Waals surface area contributed by atoms with Crippen LogP contribution >= 0.6 is 0 Å². The summed E-state index contributed by atoms with van der Waals surface area (Å²) in [6.07, 6.45) is 18.0. The molecule has 196 valence electrons. The van der Waals surface area contributed by atoms with Gasteiger partial charge in [0, 0.05) is 31.6 Å². The molecule has 1 aromatic rings. The summed E-state index contributed by atoms with van der Waals surface area (Å²) in [6.45, 7) is 2.02. The molecule has 0 aromatic carbocycles. The molecule has 0 amide bonds. The number of hydrogen-bond acceptors (Lipinski definition) is 6. The first-order valence-corrected chi connectivity index (χ1v) is 13.8. The van der Waals surface area contributed by atoms with Crippen LogP contribution in [0.5, 0.6) is 0 Å². The first-order valence-electron chi connectivity index (χ1n) is 13.8. The fourth-order valence-corrected chi connectivity index (χ4v) is 5.18. The molecule has 7 nitrogen and oxygen atoms in total. The number of aliphatic hydroxyl groups is 2. The number of nitrogens with zero attached hydrogens (tertiary/aromatic N) is 3. The van der Waals surface area contributed by atoms with Crippen molar-refractivity contribution in [3.05, 3.63) is 28.4 Å². The second kappa shape index (κ2) is 16.6. The molecule has 1 saturated carbocycles. The van der Waals surface area contributed by atoms with Crippen LogP contribution in [-0.4, -0.2) is 38.3 Å². The van der Waals surface area contributed by atoms with Crippen LogP contribution in [0.25, 0.3) is 0 Å². The van der Waals surface area contributed by atoms with Crippen LogP contribution in [0, 0.1) is 23.2 Å². The fourth-order valence-electron chi connectivity index (χ4n) is 5.18. The van der Waals surface area contributed by atoms with E-state index in [1.165, 1.54) is 75.2 Å². The van der Waals surface area contributed by atoms with Gasteiger partial charge in [-0.05, 0) is 18.9 Å². The van der Waals surface area contributed by atoms with E-state index >= 15 is 0 Å². The molecule has 1 aliphatic rings. The van der Waals surface area contributed by atoms with Gasteiger partial charge in [0.05, 0.1) is 29.8 Å². The number of ketones is 1. The average molecular weight is 488 g/mol. The molecule has 0 radical (unpaired) electrons. The zero-order valence-corrected chi connectivity index (χ0v) is 21.5. The summed E-state index contributed by atoms with van der Waals surface area (Å²) in [7, 11) is 0. The van der Waals surface area contributed by atoms with E-state index in [1.807, 2.05) is 0 Å². The van der Waals surface area contributed by atoms with Gasteiger partial charge in [-0.15, -0.1) is 0 Å². The Hall–Kier alpha value is -2.04. The first kappa shape index (κ1) is 29.2. The maximum Gasteiger partial charge on any atom is 0.348 e. The summed E-state index contributed by atoms with van der Waals surface area (Å²) in [4.78, 5) is 28.9. The third kappa shape index (κ3) is 9.85. The Bertz CT molecular complexity index is 847. The van der Waals surface area contributed by atoms with Gasteiger partial charge in [0.1, 0.15) is 5.78 Å². The molecule has 0 bridgehead atoms. The summed E-state index contributed by atoms with van der Waals surface area (Å²) in [5.74, 6) is -1.11. The molecule has 0 spiro atoms. The van der Waals surface area contributed by atoms with Gasteiger partial charge in [0.15, 0.2) is 0 Å². The molecule has 0 saturated heterocycles. The number of aliphatic hydroxyl groups excluding tert-OH is 2. The average Bonchev–Trinajstić information content (AvgIpc) is 3.17. The minimum absolute atomic E-state index is 0.0873. The van der Waals surface area contributed by atoms with Crippen LogP contribution in [0.1, 0.15) is 115 Å². The molecule has 35 heavy (non-hydrogen) atoms. The summed E-state index contributed by atoms with van der Waals surface area (Å²) < 4.78 is 1.35. The van der Waals surface area contributed by atoms with E-state index in [0.29, 0.717) is 18.5 Å². The molecular weight excluding hydrogens is 442 g/mol. The van der Waals surface area contributed by atoms with Crippen molar-refractivity contribution in [1.29, 1.82) is 5.26 Å². The van der Waals surface area contributed by atoms with Crippen molar-refractivity contribution in [2.24, 2.45) is 11.8 Å². The predicted molar refractivity (Wildman–Crippen MR) is 137 cm³/mol. The molecule has 7 heteroatoms. The Labute approximate surface area is 210 Å². The summed E-state index contributed by atoms with van der Waals surface area (Å²) in [5.41, 5.74) is -0.0796. The molecule has 1 aromatic heterocycles. The van der Waals surface area contributed by atoms with Crippen LogP contribution in [0.3, 0.4) is 0 Å². The van der Waals surface area contributed by atoms with Crippen molar-refractivity contribution in [3.8, 4) is 6.07 Å². The minimum Gasteiger partial charge on any atom is -0.396 e. The number of Topliss-reactive ketones (excluding diaryl/α,β-unsaturated/α-hetero) is 1. The maximum absolute atomic E-state index is 12.5. The van der Waals surface area contributed by atoms with E-state index in [1.54, 1.807) is 12.3 Å². The number of carbonyl (C=O) groups is 1. The Morgan fingerprint density at radius 1 is 1.06 bits per heavy atom. The van der Waals surface area contributed by atoms with E-state index < -0.39 is 29.7 Å². The highest BCUT2D eigenvalue weighted by atomic mass is 16.3. The van der Waals surface area contributed by atoms with E-state index in [2.05, 4.69) is 18.0 Å². The van der Waals surface area contributed by atoms with Crippen molar-refractivity contribution in [2.75, 3.05) is 6.61 Å². The molecule has 2 rings (SSSR count). The van der Waals surface area contributed by atoms with Crippen molar-refractivity contribution in [3.63, 3.8) is 0 Å². The van der Waals surface area contributed by atoms with Crippen LogP contribution in [0.4, 0.5) is 0 Å². The summed E-state index contributed by atoms with van der Waals surface area (Å²) in [6, 6.07) is 3.18. The van der Waals surface area contributed by atoms with Crippen molar-refractivity contribution < 1.29 is 15.0 Å². The highest BCUT2D eigenvalue weighted by molar-refractivity contribution is 5.80. The van der Waals surface area contributed by atoms with E-state index in [9.17, 15) is 25.1 Å². The number of nitriles is 1. The Morgan fingerprint density at radius 3 is 2.14 bits per heavy atom. The second-order valence-corrected chi connectivity index (χ2v) is 10.2. The topological polar surface area (TPSA) is 116 Å². The Balaban J connectivity index is 1.62. The lowest BCUT2D eigenvalue weighted by molar-refractivity contribution is -0.118. The van der Waals surface area contributed by atoms with Gasteiger partial charge in [-0.25, -0.2) is 4.79 Å². The van der Waals surface area contributed by atoms with E-state index in [-0.39, 0.29) is 18.8 Å². The highest BCUT2D eigenvalue weighted by Gasteiger charge is 2.43. The number of hydrogen-bond donors (Lipinski definition) is 2. The van der Waals surface area contributed by atoms with Gasteiger partial charge >= 0.3 is 5.69 Å². The van der Waals surface area contributed by atoms with Crippen LogP contribution in [0.15, 0.2) is 17.1 Å². The zero-order valence-electron chi connectivity index (χ0n) is 21.5. The van der Waals surface area contributed by atoms with Gasteiger partial charge in [-0.3, -0.25) is 9.36 Å². The highest BCUT2D eigenvalue weighted by Crippen LogP contribution is 2.38. The predicted octanol–water partition coefficient (Wildman–Crippen LogP) is 4.89. The molecule has 1 unspecified atom stereocenters. The number of unbranched alkanes of at least 4 members (excludes halogenated alkanes) is 12. The Kier molecular flexibility index (Phi) is 13.8. The lowest BCUT2D eigenvalue weighted by Crippen LogP contribution is -2.31. The normalized spacial score (nSPS) is 21.8. The third-order valence-corrected chi connectivity index (χ3v) is 7.38. The van der Waals surface area contributed by atoms with Gasteiger partial charge in [-0.2, -0.15) is 10.2 Å². The quantitative estimate of drug-likeness (QED) is 0.285. The molecule has 2 N–H and O–H groups in total. The lowest BCUT2D eigenvalue weighted by Gasteiger charge is -2.17. The van der Waals surface area contributed by atoms with Gasteiger partial charge in [0.25, 0.3) is 0 Å². The first-order chi connectivity index (χ1) is 17.0. The van der Waals surface area contributed by atoms with Crippen molar-refractivity contribution in [2.45, 2.75) is 122 Å². The minimum atomic E-state index is -0.969. The molecule has 1 heterocycles. The second-order valence-electron chi connectivity index (χ2n) is 10.2. The van der Waals surface area contributed by atoms with Crippen LogP contribution < -0.4 is 5.69 Å². The monoisotopic (exact) mass is 487 g/mol. The SMILES string of the molecule is CCCCCCCCCCCCCCCC(=O)Cc1ccn(C2C[C@H](CO)[C@@H](O)[C@@H]2C#N)c(=O)n1. The number of carbonyl (C=O) groups excluding carboxylic acids is 1. The third-order valence-electron chi connectivity index (χ3n) is 7.38. The van der Waals surface area contributed by atoms with Gasteiger partial charge < -0.3 is 10.2 Å². The molecular formula is C28H45N3O4. The van der Waals surface area contributed by atoms with E-state index in [0.717, 1.165) is 12.8 Å². The summed E-state index contributed by atoms with van der Waals surface area (Å²) >= 11 is 0. The zero-order chi connectivity index (χ0) is 25.5. The lowest BCUT2D eigenvalue weighted by atomic mass is 10.0. The standard InChI is InChI=1S/C28H45N3O4/c1-2-3-4-5-6-7-8-9-10-11-12-13-14-15-24(33)19-23-16-17-31(28(35)30-23)26-18-22(21-32)27(34)25(26)20-29/h16-17,22,25-27,32,34H,2-15,18-19,21H2,1H3/t22-,25-,26?,27-/m1/s1. The smallest absolute Gasteiger partial charge is 0.348 e. The van der Waals surface area contributed by atoms with Crippen LogP contribution in [-0.2, 0) is 11.2 Å². The van der Waals surface area contributed by atoms with Crippen molar-refractivity contribution >= 4 is 5.78 Å². The molecule has 1 aliphatic carbocycles. The fraction of sp³-hybridized carbons (Fsp3) is 0.786. The molecule has 4 atom stereocenters.